The van der Waals surface area contributed by atoms with E-state index in [-0.39, 0.29) is 0 Å². The van der Waals surface area contributed by atoms with Crippen molar-refractivity contribution in [1.29, 1.82) is 0 Å². The Bertz CT molecular complexity index is 610. The molecule has 0 saturated carbocycles. The van der Waals surface area contributed by atoms with E-state index in [1.807, 2.05) is 18.2 Å². The van der Waals surface area contributed by atoms with Crippen molar-refractivity contribution in [1.82, 2.24) is 14.4 Å². The fourth-order valence-corrected chi connectivity index (χ4v) is 2.84. The van der Waals surface area contributed by atoms with Gasteiger partial charge in [0.15, 0.2) is 5.58 Å². The van der Waals surface area contributed by atoms with Crippen molar-refractivity contribution in [2.75, 3.05) is 32.7 Å². The Labute approximate surface area is 118 Å². The third-order valence-corrected chi connectivity index (χ3v) is 4.13. The first kappa shape index (κ1) is 12.8. The minimum absolute atomic E-state index is 0.569. The van der Waals surface area contributed by atoms with Gasteiger partial charge in [0.05, 0.1) is 12.2 Å². The first-order valence-electron chi connectivity index (χ1n) is 6.81. The Morgan fingerprint density at radius 2 is 1.79 bits per heavy atom. The molecule has 0 bridgehead atoms. The van der Waals surface area contributed by atoms with E-state index in [9.17, 15) is 0 Å². The number of para-hydroxylation sites is 2. The van der Waals surface area contributed by atoms with Gasteiger partial charge < -0.3 is 9.32 Å². The van der Waals surface area contributed by atoms with Crippen LogP contribution in [-0.4, -0.2) is 47.1 Å². The van der Waals surface area contributed by atoms with Crippen molar-refractivity contribution >= 4 is 23.3 Å². The number of nitrogens with zero attached hydrogens (tertiary/aromatic N) is 3. The molecule has 5 heteroatoms. The molecule has 0 spiro atoms. The number of benzene rings is 1. The molecule has 19 heavy (non-hydrogen) atoms. The van der Waals surface area contributed by atoms with Crippen molar-refractivity contribution in [2.24, 2.45) is 0 Å². The summed E-state index contributed by atoms with van der Waals surface area (Å²) in [5, 5.41) is 0. The van der Waals surface area contributed by atoms with Crippen molar-refractivity contribution < 1.29 is 4.42 Å². The van der Waals surface area contributed by atoms with E-state index in [1.165, 1.54) is 0 Å². The van der Waals surface area contributed by atoms with Crippen LogP contribution >= 0.6 is 12.2 Å². The highest BCUT2D eigenvalue weighted by Gasteiger charge is 2.17. The Morgan fingerprint density at radius 3 is 2.53 bits per heavy atom. The van der Waals surface area contributed by atoms with Gasteiger partial charge in [-0.1, -0.05) is 19.1 Å². The second-order valence-corrected chi connectivity index (χ2v) is 5.31. The smallest absolute Gasteiger partial charge is 0.270 e. The van der Waals surface area contributed by atoms with Gasteiger partial charge >= 0.3 is 0 Å². The number of aromatic nitrogens is 1. The molecule has 1 aromatic carbocycles. The van der Waals surface area contributed by atoms with Gasteiger partial charge in [0.1, 0.15) is 0 Å². The lowest BCUT2D eigenvalue weighted by atomic mass is 10.3. The van der Waals surface area contributed by atoms with Crippen LogP contribution < -0.4 is 0 Å². The van der Waals surface area contributed by atoms with Crippen LogP contribution in [0.2, 0.25) is 0 Å². The van der Waals surface area contributed by atoms with Gasteiger partial charge in [0.2, 0.25) is 0 Å². The van der Waals surface area contributed by atoms with E-state index < -0.39 is 0 Å². The van der Waals surface area contributed by atoms with Crippen molar-refractivity contribution in [3.63, 3.8) is 0 Å². The molecule has 0 unspecified atom stereocenters. The number of oxazole rings is 1. The highest BCUT2D eigenvalue weighted by atomic mass is 32.1. The molecule has 0 radical (unpaired) electrons. The molecule has 1 aliphatic rings. The van der Waals surface area contributed by atoms with Gasteiger partial charge in [-0.2, -0.15) is 0 Å². The van der Waals surface area contributed by atoms with Crippen LogP contribution in [0.25, 0.3) is 11.1 Å². The zero-order valence-electron chi connectivity index (χ0n) is 11.2. The van der Waals surface area contributed by atoms with Gasteiger partial charge in [0, 0.05) is 26.2 Å². The Morgan fingerprint density at radius 1 is 1.11 bits per heavy atom. The van der Waals surface area contributed by atoms with Crippen LogP contribution in [-0.2, 0) is 6.67 Å². The topological polar surface area (TPSA) is 24.6 Å². The SMILES string of the molecule is CCN1CCN(Cn2c(=S)oc3ccccc32)CC1. The third-order valence-electron chi connectivity index (χ3n) is 3.83. The standard InChI is InChI=1S/C14H19N3OS/c1-2-15-7-9-16(10-8-15)11-17-12-5-3-4-6-13(12)18-14(17)19/h3-6H,2,7-11H2,1H3. The molecule has 0 aliphatic carbocycles. The average molecular weight is 277 g/mol. The molecule has 2 aromatic rings. The zero-order chi connectivity index (χ0) is 13.2. The molecule has 2 heterocycles. The molecule has 1 aliphatic heterocycles. The van der Waals surface area contributed by atoms with Gasteiger partial charge in [0.25, 0.3) is 4.84 Å². The maximum atomic E-state index is 5.62. The minimum atomic E-state index is 0.569. The summed E-state index contributed by atoms with van der Waals surface area (Å²) in [4.78, 5) is 5.48. The summed E-state index contributed by atoms with van der Waals surface area (Å²) >= 11 is 5.33. The molecule has 102 valence electrons. The molecule has 0 N–H and O–H groups in total. The molecule has 1 saturated heterocycles. The summed E-state index contributed by atoms with van der Waals surface area (Å²) in [5.41, 5.74) is 1.96. The van der Waals surface area contributed by atoms with Crippen molar-refractivity contribution in [3.8, 4) is 0 Å². The summed E-state index contributed by atoms with van der Waals surface area (Å²) in [7, 11) is 0. The Kier molecular flexibility index (Phi) is 3.68. The fourth-order valence-electron chi connectivity index (χ4n) is 2.59. The highest BCUT2D eigenvalue weighted by Crippen LogP contribution is 2.18. The van der Waals surface area contributed by atoms with Crippen LogP contribution in [0.3, 0.4) is 0 Å². The normalized spacial score (nSPS) is 18.2. The molecule has 0 amide bonds. The Hall–Kier alpha value is -1.17. The quantitative estimate of drug-likeness (QED) is 0.805. The second kappa shape index (κ2) is 5.45. The first-order chi connectivity index (χ1) is 9.28. The molecule has 3 rings (SSSR count). The van der Waals surface area contributed by atoms with Gasteiger partial charge in [-0.3, -0.25) is 9.47 Å². The monoisotopic (exact) mass is 277 g/mol. The van der Waals surface area contributed by atoms with Crippen molar-refractivity contribution in [3.05, 3.63) is 29.1 Å². The number of hydrogen-bond donors (Lipinski definition) is 0. The molecule has 1 aromatic heterocycles. The Balaban J connectivity index is 1.79. The number of fused-ring (bicyclic) bond motifs is 1. The van der Waals surface area contributed by atoms with Crippen LogP contribution in [0.5, 0.6) is 0 Å². The van der Waals surface area contributed by atoms with Gasteiger partial charge in [-0.05, 0) is 30.9 Å². The summed E-state index contributed by atoms with van der Waals surface area (Å²) in [6.45, 7) is 8.65. The summed E-state index contributed by atoms with van der Waals surface area (Å²) in [5.74, 6) is 0. The van der Waals surface area contributed by atoms with E-state index in [0.717, 1.165) is 50.5 Å². The zero-order valence-corrected chi connectivity index (χ0v) is 12.0. The highest BCUT2D eigenvalue weighted by molar-refractivity contribution is 7.71. The van der Waals surface area contributed by atoms with Crippen LogP contribution in [0.1, 0.15) is 6.92 Å². The lowest BCUT2D eigenvalue weighted by Gasteiger charge is -2.33. The van der Waals surface area contributed by atoms with Gasteiger partial charge in [-0.25, -0.2) is 0 Å². The number of hydrogen-bond acceptors (Lipinski definition) is 4. The number of piperazine rings is 1. The maximum Gasteiger partial charge on any atom is 0.270 e. The molecule has 1 fully saturated rings. The van der Waals surface area contributed by atoms with E-state index in [4.69, 9.17) is 16.6 Å². The largest absolute Gasteiger partial charge is 0.429 e. The first-order valence-corrected chi connectivity index (χ1v) is 7.22. The predicted molar refractivity (Wildman–Crippen MR) is 78.7 cm³/mol. The van der Waals surface area contributed by atoms with E-state index >= 15 is 0 Å². The summed E-state index contributed by atoms with van der Waals surface area (Å²) in [6.07, 6.45) is 0. The second-order valence-electron chi connectivity index (χ2n) is 4.96. The summed E-state index contributed by atoms with van der Waals surface area (Å²) in [6, 6.07) is 8.04. The van der Waals surface area contributed by atoms with Gasteiger partial charge in [-0.15, -0.1) is 0 Å². The van der Waals surface area contributed by atoms with E-state index in [2.05, 4.69) is 27.4 Å². The molecular weight excluding hydrogens is 258 g/mol. The minimum Gasteiger partial charge on any atom is -0.429 e. The predicted octanol–water partition coefficient (Wildman–Crippen LogP) is 2.56. The lowest BCUT2D eigenvalue weighted by molar-refractivity contribution is 0.111. The van der Waals surface area contributed by atoms with Crippen molar-refractivity contribution in [2.45, 2.75) is 13.6 Å². The number of rotatable bonds is 3. The van der Waals surface area contributed by atoms with E-state index in [1.54, 1.807) is 0 Å². The average Bonchev–Trinajstić information content (AvgIpc) is 2.76. The summed E-state index contributed by atoms with van der Waals surface area (Å²) < 4.78 is 7.71. The van der Waals surface area contributed by atoms with Crippen LogP contribution in [0.15, 0.2) is 28.7 Å². The fraction of sp³-hybridized carbons (Fsp3) is 0.500. The molecule has 4 nitrogen and oxygen atoms in total. The number of likely N-dealkylation sites (N-methyl/N-ethyl adjacent to an activating group) is 1. The molecule has 0 atom stereocenters. The maximum absolute atomic E-state index is 5.62. The van der Waals surface area contributed by atoms with E-state index in [0.29, 0.717) is 4.84 Å². The van der Waals surface area contributed by atoms with Crippen LogP contribution in [0.4, 0.5) is 0 Å². The van der Waals surface area contributed by atoms with Crippen LogP contribution in [0, 0.1) is 4.84 Å². The lowest BCUT2D eigenvalue weighted by Crippen LogP contribution is -2.46. The molecular formula is C14H19N3OS. The third kappa shape index (κ3) is 2.59.